The van der Waals surface area contributed by atoms with Gasteiger partial charge in [-0.25, -0.2) is 9.67 Å². The molecule has 0 aliphatic rings. The molecule has 4 rings (SSSR count). The number of aryl methyl sites for hydroxylation is 1. The van der Waals surface area contributed by atoms with Gasteiger partial charge < -0.3 is 9.72 Å². The number of halogens is 3. The van der Waals surface area contributed by atoms with Crippen molar-refractivity contribution in [3.05, 3.63) is 83.6 Å². The summed E-state index contributed by atoms with van der Waals surface area (Å²) in [6.07, 6.45) is 0.261. The molecular formula is C21H18F3N5O. The summed E-state index contributed by atoms with van der Waals surface area (Å²) in [5.74, 6) is -0.829. The van der Waals surface area contributed by atoms with E-state index in [2.05, 4.69) is 15.4 Å². The highest BCUT2D eigenvalue weighted by atomic mass is 19.4. The van der Waals surface area contributed by atoms with E-state index < -0.39 is 23.3 Å². The number of hydrogen-bond acceptors (Lipinski definition) is 3. The molecule has 1 amide bonds. The van der Waals surface area contributed by atoms with Gasteiger partial charge in [-0.2, -0.15) is 18.3 Å². The molecule has 3 aromatic heterocycles. The Hall–Kier alpha value is -3.62. The van der Waals surface area contributed by atoms with Gasteiger partial charge in [-0.1, -0.05) is 23.8 Å². The zero-order valence-electron chi connectivity index (χ0n) is 16.0. The maximum atomic E-state index is 13.7. The van der Waals surface area contributed by atoms with E-state index in [-0.39, 0.29) is 12.2 Å². The minimum Gasteiger partial charge on any atom is -0.352 e. The third-order valence-corrected chi connectivity index (χ3v) is 4.64. The highest BCUT2D eigenvalue weighted by molar-refractivity contribution is 5.95. The fourth-order valence-corrected chi connectivity index (χ4v) is 3.18. The number of amides is 1. The summed E-state index contributed by atoms with van der Waals surface area (Å²) in [4.78, 5) is 16.9. The van der Waals surface area contributed by atoms with Gasteiger partial charge in [0, 0.05) is 25.4 Å². The van der Waals surface area contributed by atoms with E-state index in [0.29, 0.717) is 6.42 Å². The summed E-state index contributed by atoms with van der Waals surface area (Å²) in [6.45, 7) is 1.98. The number of imidazole rings is 1. The average molecular weight is 413 g/mol. The largest absolute Gasteiger partial charge is 0.434 e. The zero-order valence-corrected chi connectivity index (χ0v) is 16.0. The van der Waals surface area contributed by atoms with Crippen LogP contribution in [0.5, 0.6) is 0 Å². The first kappa shape index (κ1) is 19.7. The number of nitrogens with one attached hydrogen (secondary N) is 1. The van der Waals surface area contributed by atoms with Gasteiger partial charge in [-0.15, -0.1) is 0 Å². The maximum absolute atomic E-state index is 13.7. The van der Waals surface area contributed by atoms with Crippen molar-refractivity contribution in [3.63, 3.8) is 0 Å². The SMILES string of the molecule is Cc1ccc(-n2ncc(C(=O)NCCc3cn4ccccc4n3)c2C(F)(F)F)cc1. The summed E-state index contributed by atoms with van der Waals surface area (Å²) in [6, 6.07) is 12.0. The number of hydrogen-bond donors (Lipinski definition) is 1. The van der Waals surface area contributed by atoms with Crippen molar-refractivity contribution >= 4 is 11.6 Å². The summed E-state index contributed by atoms with van der Waals surface area (Å²) in [7, 11) is 0. The van der Waals surface area contributed by atoms with Gasteiger partial charge in [0.05, 0.1) is 23.1 Å². The van der Waals surface area contributed by atoms with Crippen LogP contribution in [0.3, 0.4) is 0 Å². The van der Waals surface area contributed by atoms with E-state index in [1.165, 1.54) is 12.1 Å². The number of carbonyl (C=O) groups is 1. The van der Waals surface area contributed by atoms with Crippen molar-refractivity contribution in [2.24, 2.45) is 0 Å². The van der Waals surface area contributed by atoms with Crippen LogP contribution >= 0.6 is 0 Å². The van der Waals surface area contributed by atoms with Crippen LogP contribution in [0.1, 0.15) is 27.3 Å². The molecule has 0 saturated heterocycles. The van der Waals surface area contributed by atoms with Gasteiger partial charge in [-0.05, 0) is 31.2 Å². The van der Waals surface area contributed by atoms with E-state index in [0.717, 1.165) is 27.8 Å². The maximum Gasteiger partial charge on any atom is 0.434 e. The first-order valence-electron chi connectivity index (χ1n) is 9.26. The Morgan fingerprint density at radius 2 is 1.90 bits per heavy atom. The molecule has 3 heterocycles. The van der Waals surface area contributed by atoms with E-state index in [1.807, 2.05) is 41.9 Å². The topological polar surface area (TPSA) is 64.2 Å². The van der Waals surface area contributed by atoms with Crippen molar-refractivity contribution < 1.29 is 18.0 Å². The monoisotopic (exact) mass is 413 g/mol. The quantitative estimate of drug-likeness (QED) is 0.541. The van der Waals surface area contributed by atoms with Crippen LogP contribution in [-0.2, 0) is 12.6 Å². The molecule has 0 radical (unpaired) electrons. The normalized spacial score (nSPS) is 11.7. The van der Waals surface area contributed by atoms with Gasteiger partial charge in [0.25, 0.3) is 5.91 Å². The molecule has 0 saturated carbocycles. The fraction of sp³-hybridized carbons (Fsp3) is 0.190. The van der Waals surface area contributed by atoms with Gasteiger partial charge in [0.1, 0.15) is 5.65 Å². The van der Waals surface area contributed by atoms with Crippen LogP contribution in [0.4, 0.5) is 13.2 Å². The predicted molar refractivity (Wildman–Crippen MR) is 105 cm³/mol. The Kier molecular flexibility index (Phi) is 5.03. The Morgan fingerprint density at radius 1 is 1.13 bits per heavy atom. The van der Waals surface area contributed by atoms with Crippen LogP contribution in [0, 0.1) is 6.92 Å². The summed E-state index contributed by atoms with van der Waals surface area (Å²) in [5.41, 5.74) is 1.01. The lowest BCUT2D eigenvalue weighted by molar-refractivity contribution is -0.143. The molecule has 0 bridgehead atoms. The van der Waals surface area contributed by atoms with Crippen molar-refractivity contribution in [2.45, 2.75) is 19.5 Å². The Labute approximate surface area is 170 Å². The van der Waals surface area contributed by atoms with Gasteiger partial charge in [0.15, 0.2) is 5.69 Å². The standard InChI is InChI=1S/C21H18F3N5O/c1-14-5-7-16(8-6-14)29-19(21(22,23)24)17(12-26-29)20(30)25-10-9-15-13-28-11-3-2-4-18(28)27-15/h2-8,11-13H,9-10H2,1H3,(H,25,30). The Morgan fingerprint density at radius 3 is 2.60 bits per heavy atom. The van der Waals surface area contributed by atoms with Crippen LogP contribution in [0.15, 0.2) is 61.1 Å². The van der Waals surface area contributed by atoms with Crippen LogP contribution in [0.2, 0.25) is 0 Å². The molecule has 0 aliphatic carbocycles. The molecule has 0 unspecified atom stereocenters. The van der Waals surface area contributed by atoms with E-state index >= 15 is 0 Å². The van der Waals surface area contributed by atoms with Gasteiger partial charge in [-0.3, -0.25) is 4.79 Å². The molecule has 1 aromatic carbocycles. The lowest BCUT2D eigenvalue weighted by atomic mass is 10.2. The number of carbonyl (C=O) groups excluding carboxylic acids is 1. The minimum absolute atomic E-state index is 0.149. The second-order valence-corrected chi connectivity index (χ2v) is 6.86. The number of rotatable bonds is 5. The Bertz CT molecular complexity index is 1160. The highest BCUT2D eigenvalue weighted by Gasteiger charge is 2.40. The van der Waals surface area contributed by atoms with Crippen molar-refractivity contribution in [1.82, 2.24) is 24.5 Å². The number of pyridine rings is 1. The smallest absolute Gasteiger partial charge is 0.352 e. The molecule has 4 aromatic rings. The van der Waals surface area contributed by atoms with E-state index in [4.69, 9.17) is 0 Å². The number of benzene rings is 1. The lowest BCUT2D eigenvalue weighted by Gasteiger charge is -2.13. The van der Waals surface area contributed by atoms with Crippen molar-refractivity contribution in [1.29, 1.82) is 0 Å². The number of nitrogens with zero attached hydrogens (tertiary/aromatic N) is 4. The molecule has 30 heavy (non-hydrogen) atoms. The van der Waals surface area contributed by atoms with Gasteiger partial charge in [0.2, 0.25) is 0 Å². The first-order valence-corrected chi connectivity index (χ1v) is 9.26. The fourth-order valence-electron chi connectivity index (χ4n) is 3.18. The summed E-state index contributed by atoms with van der Waals surface area (Å²) >= 11 is 0. The van der Waals surface area contributed by atoms with E-state index in [1.54, 1.807) is 12.1 Å². The molecule has 9 heteroatoms. The van der Waals surface area contributed by atoms with Crippen LogP contribution in [0.25, 0.3) is 11.3 Å². The number of alkyl halides is 3. The van der Waals surface area contributed by atoms with E-state index in [9.17, 15) is 18.0 Å². The minimum atomic E-state index is -4.74. The molecule has 6 nitrogen and oxygen atoms in total. The number of aromatic nitrogens is 4. The summed E-state index contributed by atoms with van der Waals surface area (Å²) in [5, 5.41) is 6.36. The highest BCUT2D eigenvalue weighted by Crippen LogP contribution is 2.33. The molecule has 154 valence electrons. The molecule has 1 N–H and O–H groups in total. The molecular weight excluding hydrogens is 395 g/mol. The second-order valence-electron chi connectivity index (χ2n) is 6.86. The third kappa shape index (κ3) is 3.91. The molecule has 0 fully saturated rings. The molecule has 0 atom stereocenters. The van der Waals surface area contributed by atoms with Gasteiger partial charge >= 0.3 is 6.18 Å². The Balaban J connectivity index is 1.52. The van der Waals surface area contributed by atoms with Crippen molar-refractivity contribution in [3.8, 4) is 5.69 Å². The zero-order chi connectivity index (χ0) is 21.3. The first-order chi connectivity index (χ1) is 14.3. The summed E-state index contributed by atoms with van der Waals surface area (Å²) < 4.78 is 43.7. The average Bonchev–Trinajstić information content (AvgIpc) is 3.32. The van der Waals surface area contributed by atoms with Crippen molar-refractivity contribution in [2.75, 3.05) is 6.54 Å². The van der Waals surface area contributed by atoms with Crippen LogP contribution < -0.4 is 5.32 Å². The third-order valence-electron chi connectivity index (χ3n) is 4.64. The number of fused-ring (bicyclic) bond motifs is 1. The van der Waals surface area contributed by atoms with Crippen LogP contribution in [-0.4, -0.2) is 31.6 Å². The molecule has 0 aliphatic heterocycles. The predicted octanol–water partition coefficient (Wildman–Crippen LogP) is 3.82. The molecule has 0 spiro atoms. The second kappa shape index (κ2) is 7.66. The lowest BCUT2D eigenvalue weighted by Crippen LogP contribution is -2.28.